The number of aromatic nitrogens is 2. The molecule has 18 heavy (non-hydrogen) atoms. The van der Waals surface area contributed by atoms with E-state index in [1.54, 1.807) is 23.5 Å². The van der Waals surface area contributed by atoms with E-state index < -0.39 is 0 Å². The van der Waals surface area contributed by atoms with Gasteiger partial charge >= 0.3 is 0 Å². The van der Waals surface area contributed by atoms with Crippen LogP contribution in [0.2, 0.25) is 0 Å². The van der Waals surface area contributed by atoms with Crippen LogP contribution in [0.5, 0.6) is 5.75 Å². The minimum atomic E-state index is 0.294. The predicted octanol–water partition coefficient (Wildman–Crippen LogP) is 2.89. The summed E-state index contributed by atoms with van der Waals surface area (Å²) in [6.45, 7) is 7.69. The fraction of sp³-hybridized carbons (Fsp3) is 0.385. The predicted molar refractivity (Wildman–Crippen MR) is 74.2 cm³/mol. The van der Waals surface area contributed by atoms with Gasteiger partial charge in [0.1, 0.15) is 15.8 Å². The van der Waals surface area contributed by atoms with Crippen LogP contribution in [0.3, 0.4) is 0 Å². The second kappa shape index (κ2) is 5.35. The van der Waals surface area contributed by atoms with Gasteiger partial charge in [-0.05, 0) is 32.4 Å². The largest absolute Gasteiger partial charge is 0.508 e. The van der Waals surface area contributed by atoms with Crippen LogP contribution in [0, 0.1) is 13.8 Å². The average molecular weight is 263 g/mol. The minimum Gasteiger partial charge on any atom is -0.508 e. The van der Waals surface area contributed by atoms with Crippen LogP contribution in [0.25, 0.3) is 0 Å². The van der Waals surface area contributed by atoms with Crippen LogP contribution in [-0.4, -0.2) is 21.8 Å². The zero-order valence-electron chi connectivity index (χ0n) is 10.8. The standard InChI is InChI=1S/C13H17N3OS/c1-4-16(8-13-15-14-10(3)18-13)12-7-11(17)6-5-9(12)2/h5-7,17H,4,8H2,1-3H3. The van der Waals surface area contributed by atoms with Gasteiger partial charge in [-0.3, -0.25) is 0 Å². The van der Waals surface area contributed by atoms with Crippen molar-refractivity contribution < 1.29 is 5.11 Å². The van der Waals surface area contributed by atoms with E-state index in [4.69, 9.17) is 0 Å². The monoisotopic (exact) mass is 263 g/mol. The van der Waals surface area contributed by atoms with Gasteiger partial charge in [0.2, 0.25) is 0 Å². The number of anilines is 1. The Balaban J connectivity index is 2.25. The molecule has 1 heterocycles. The SMILES string of the molecule is CCN(Cc1nnc(C)s1)c1cc(O)ccc1C. The molecule has 0 saturated heterocycles. The van der Waals surface area contributed by atoms with Crippen molar-refractivity contribution in [3.8, 4) is 5.75 Å². The van der Waals surface area contributed by atoms with E-state index in [2.05, 4.69) is 22.0 Å². The summed E-state index contributed by atoms with van der Waals surface area (Å²) < 4.78 is 0. The van der Waals surface area contributed by atoms with Gasteiger partial charge < -0.3 is 10.0 Å². The Hall–Kier alpha value is -1.62. The lowest BCUT2D eigenvalue weighted by molar-refractivity contribution is 0.475. The smallest absolute Gasteiger partial charge is 0.136 e. The van der Waals surface area contributed by atoms with Gasteiger partial charge in [0, 0.05) is 18.3 Å². The molecular weight excluding hydrogens is 246 g/mol. The van der Waals surface area contributed by atoms with Gasteiger partial charge in [0.15, 0.2) is 0 Å². The molecule has 1 aromatic heterocycles. The number of phenols is 1. The maximum atomic E-state index is 9.60. The Morgan fingerprint density at radius 1 is 1.28 bits per heavy atom. The van der Waals surface area contributed by atoms with Crippen molar-refractivity contribution in [2.24, 2.45) is 0 Å². The number of nitrogens with zero attached hydrogens (tertiary/aromatic N) is 3. The maximum absolute atomic E-state index is 9.60. The lowest BCUT2D eigenvalue weighted by atomic mass is 10.1. The average Bonchev–Trinajstić information content (AvgIpc) is 2.75. The first-order valence-electron chi connectivity index (χ1n) is 5.93. The fourth-order valence-corrected chi connectivity index (χ4v) is 2.60. The molecule has 1 N–H and O–H groups in total. The van der Waals surface area contributed by atoms with Gasteiger partial charge in [0.05, 0.1) is 6.54 Å². The molecule has 1 aromatic carbocycles. The highest BCUT2D eigenvalue weighted by Gasteiger charge is 2.11. The van der Waals surface area contributed by atoms with Crippen molar-refractivity contribution in [3.05, 3.63) is 33.8 Å². The van der Waals surface area contributed by atoms with Gasteiger partial charge in [0.25, 0.3) is 0 Å². The molecule has 96 valence electrons. The lowest BCUT2D eigenvalue weighted by Gasteiger charge is -2.23. The van der Waals surface area contributed by atoms with E-state index in [-0.39, 0.29) is 0 Å². The summed E-state index contributed by atoms with van der Waals surface area (Å²) >= 11 is 1.61. The van der Waals surface area contributed by atoms with Crippen LogP contribution in [0.1, 0.15) is 22.5 Å². The maximum Gasteiger partial charge on any atom is 0.136 e. The normalized spacial score (nSPS) is 10.6. The Morgan fingerprint density at radius 2 is 2.06 bits per heavy atom. The van der Waals surface area contributed by atoms with Crippen molar-refractivity contribution in [2.45, 2.75) is 27.3 Å². The van der Waals surface area contributed by atoms with Crippen LogP contribution < -0.4 is 4.90 Å². The molecular formula is C13H17N3OS. The summed E-state index contributed by atoms with van der Waals surface area (Å²) in [5, 5.41) is 19.8. The Kier molecular flexibility index (Phi) is 3.81. The lowest BCUT2D eigenvalue weighted by Crippen LogP contribution is -2.22. The minimum absolute atomic E-state index is 0.294. The molecule has 2 rings (SSSR count). The van der Waals surface area contributed by atoms with E-state index in [1.807, 2.05) is 19.9 Å². The highest BCUT2D eigenvalue weighted by Crippen LogP contribution is 2.26. The zero-order valence-corrected chi connectivity index (χ0v) is 11.7. The number of phenolic OH excluding ortho intramolecular Hbond substituents is 1. The first-order valence-corrected chi connectivity index (χ1v) is 6.75. The molecule has 0 bridgehead atoms. The molecule has 0 amide bonds. The van der Waals surface area contributed by atoms with Gasteiger partial charge in [-0.2, -0.15) is 0 Å². The first kappa shape index (κ1) is 12.8. The van der Waals surface area contributed by atoms with Crippen LogP contribution >= 0.6 is 11.3 Å². The number of aryl methyl sites for hydroxylation is 2. The third-order valence-electron chi connectivity index (χ3n) is 2.81. The summed E-state index contributed by atoms with van der Waals surface area (Å²) in [5.41, 5.74) is 2.20. The molecule has 0 fully saturated rings. The van der Waals surface area contributed by atoms with Gasteiger partial charge in [-0.1, -0.05) is 17.4 Å². The summed E-state index contributed by atoms with van der Waals surface area (Å²) in [4.78, 5) is 2.19. The number of benzene rings is 1. The molecule has 0 spiro atoms. The molecule has 0 saturated carbocycles. The highest BCUT2D eigenvalue weighted by atomic mass is 32.1. The zero-order chi connectivity index (χ0) is 13.1. The Morgan fingerprint density at radius 3 is 2.67 bits per heavy atom. The molecule has 0 atom stereocenters. The number of aromatic hydroxyl groups is 1. The van der Waals surface area contributed by atoms with E-state index in [1.165, 1.54) is 0 Å². The van der Waals surface area contributed by atoms with Crippen molar-refractivity contribution in [1.82, 2.24) is 10.2 Å². The van der Waals surface area contributed by atoms with Crippen molar-refractivity contribution in [2.75, 3.05) is 11.4 Å². The number of hydrogen-bond acceptors (Lipinski definition) is 5. The van der Waals surface area contributed by atoms with Crippen LogP contribution in [0.4, 0.5) is 5.69 Å². The first-order chi connectivity index (χ1) is 8.60. The molecule has 5 heteroatoms. The van der Waals surface area contributed by atoms with Crippen molar-refractivity contribution in [3.63, 3.8) is 0 Å². The van der Waals surface area contributed by atoms with Gasteiger partial charge in [-0.15, -0.1) is 10.2 Å². The number of rotatable bonds is 4. The fourth-order valence-electron chi connectivity index (χ4n) is 1.87. The van der Waals surface area contributed by atoms with E-state index >= 15 is 0 Å². The van der Waals surface area contributed by atoms with Crippen molar-refractivity contribution in [1.29, 1.82) is 0 Å². The Labute approximate surface area is 111 Å². The summed E-state index contributed by atoms with van der Waals surface area (Å²) in [7, 11) is 0. The molecule has 0 aliphatic rings. The molecule has 2 aromatic rings. The van der Waals surface area contributed by atoms with Crippen molar-refractivity contribution >= 4 is 17.0 Å². The summed E-state index contributed by atoms with van der Waals surface area (Å²) in [5.74, 6) is 0.294. The second-order valence-corrected chi connectivity index (χ2v) is 5.47. The molecule has 0 aliphatic carbocycles. The summed E-state index contributed by atoms with van der Waals surface area (Å²) in [6, 6.07) is 5.44. The quantitative estimate of drug-likeness (QED) is 0.921. The van der Waals surface area contributed by atoms with Gasteiger partial charge in [-0.25, -0.2) is 0 Å². The number of hydrogen-bond donors (Lipinski definition) is 1. The molecule has 0 aliphatic heterocycles. The van der Waals surface area contributed by atoms with Crippen LogP contribution in [-0.2, 0) is 6.54 Å². The molecule has 0 radical (unpaired) electrons. The van der Waals surface area contributed by atoms with E-state index in [0.717, 1.165) is 34.4 Å². The third kappa shape index (κ3) is 2.79. The molecule has 0 unspecified atom stereocenters. The second-order valence-electron chi connectivity index (χ2n) is 4.20. The topological polar surface area (TPSA) is 49.2 Å². The summed E-state index contributed by atoms with van der Waals surface area (Å²) in [6.07, 6.45) is 0. The Bertz CT molecular complexity index is 539. The highest BCUT2D eigenvalue weighted by molar-refractivity contribution is 7.11. The third-order valence-corrected chi connectivity index (χ3v) is 3.63. The van der Waals surface area contributed by atoms with E-state index in [9.17, 15) is 5.11 Å². The van der Waals surface area contributed by atoms with Crippen LogP contribution in [0.15, 0.2) is 18.2 Å². The van der Waals surface area contributed by atoms with E-state index in [0.29, 0.717) is 5.75 Å². The molecule has 4 nitrogen and oxygen atoms in total.